The Morgan fingerprint density at radius 2 is 2.38 bits per heavy atom. The average molecular weight is 262 g/mol. The summed E-state index contributed by atoms with van der Waals surface area (Å²) in [6.07, 6.45) is 2.12. The Kier molecular flexibility index (Phi) is 3.73. The molecule has 0 bridgehead atoms. The number of hydrogen-bond acceptors (Lipinski definition) is 5. The molecule has 0 unspecified atom stereocenters. The molecule has 1 saturated carbocycles. The van der Waals surface area contributed by atoms with E-state index in [0.717, 1.165) is 24.2 Å². The lowest BCUT2D eigenvalue weighted by Crippen LogP contribution is -2.35. The van der Waals surface area contributed by atoms with Gasteiger partial charge in [-0.2, -0.15) is 0 Å². The zero-order chi connectivity index (χ0) is 11.5. The van der Waals surface area contributed by atoms with E-state index < -0.39 is 0 Å². The average Bonchev–Trinajstić information content (AvgIpc) is 3.01. The number of amides is 1. The summed E-state index contributed by atoms with van der Waals surface area (Å²) in [5.74, 6) is -0.0936. The van der Waals surface area contributed by atoms with E-state index in [9.17, 15) is 4.79 Å². The molecule has 1 heterocycles. The largest absolute Gasteiger partial charge is 0.383 e. The third-order valence-corrected chi connectivity index (χ3v) is 3.37. The highest BCUT2D eigenvalue weighted by atomic mass is 35.5. The van der Waals surface area contributed by atoms with E-state index in [0.29, 0.717) is 28.7 Å². The molecule has 1 aliphatic rings. The van der Waals surface area contributed by atoms with Gasteiger partial charge in [0, 0.05) is 19.7 Å². The lowest BCUT2D eigenvalue weighted by molar-refractivity contribution is 0.0679. The van der Waals surface area contributed by atoms with Crippen LogP contribution in [0.1, 0.15) is 22.6 Å². The van der Waals surface area contributed by atoms with Crippen molar-refractivity contribution in [1.29, 1.82) is 0 Å². The van der Waals surface area contributed by atoms with Crippen LogP contribution < -0.4 is 0 Å². The monoisotopic (exact) mass is 261 g/mol. The highest BCUT2D eigenvalue weighted by molar-refractivity contribution is 7.17. The van der Waals surface area contributed by atoms with Gasteiger partial charge in [0.15, 0.2) is 0 Å². The molecule has 1 fully saturated rings. The number of aromatic nitrogens is 2. The molecule has 16 heavy (non-hydrogen) atoms. The normalized spacial score (nSPS) is 15.1. The Labute approximate surface area is 102 Å². The standard InChI is InChI=1S/C9H12ClN3O2S/c1-15-5-4-13(6-2-3-6)8(14)7-11-12-9(10)16-7/h6H,2-5H2,1H3. The van der Waals surface area contributed by atoms with Crippen LogP contribution in [0.2, 0.25) is 4.47 Å². The molecule has 1 aromatic rings. The van der Waals surface area contributed by atoms with Crippen LogP contribution in [0, 0.1) is 0 Å². The minimum absolute atomic E-state index is 0.0936. The summed E-state index contributed by atoms with van der Waals surface area (Å²) in [5.41, 5.74) is 0. The van der Waals surface area contributed by atoms with Crippen molar-refractivity contribution in [3.8, 4) is 0 Å². The second kappa shape index (κ2) is 5.07. The lowest BCUT2D eigenvalue weighted by Gasteiger charge is -2.20. The highest BCUT2D eigenvalue weighted by Gasteiger charge is 2.34. The minimum Gasteiger partial charge on any atom is -0.383 e. The summed E-state index contributed by atoms with van der Waals surface area (Å²) in [6.45, 7) is 1.13. The molecule has 0 saturated heterocycles. The summed E-state index contributed by atoms with van der Waals surface area (Å²) < 4.78 is 5.29. The van der Waals surface area contributed by atoms with Crippen molar-refractivity contribution in [3.63, 3.8) is 0 Å². The SMILES string of the molecule is COCCN(C(=O)c1nnc(Cl)s1)C1CC1. The maximum Gasteiger partial charge on any atom is 0.285 e. The van der Waals surface area contributed by atoms with Crippen LogP contribution in [0.25, 0.3) is 0 Å². The number of methoxy groups -OCH3 is 1. The third kappa shape index (κ3) is 2.69. The van der Waals surface area contributed by atoms with Gasteiger partial charge in [-0.15, -0.1) is 10.2 Å². The zero-order valence-electron chi connectivity index (χ0n) is 8.85. The maximum absolute atomic E-state index is 12.1. The summed E-state index contributed by atoms with van der Waals surface area (Å²) in [6, 6.07) is 0.338. The fraction of sp³-hybridized carbons (Fsp3) is 0.667. The molecule has 0 atom stereocenters. The van der Waals surface area contributed by atoms with Gasteiger partial charge in [0.25, 0.3) is 5.91 Å². The van der Waals surface area contributed by atoms with Crippen LogP contribution in [-0.4, -0.2) is 47.3 Å². The molecule has 7 heteroatoms. The maximum atomic E-state index is 12.1. The fourth-order valence-corrected chi connectivity index (χ4v) is 2.22. The van der Waals surface area contributed by atoms with Crippen LogP contribution in [-0.2, 0) is 4.74 Å². The molecule has 0 aliphatic heterocycles. The third-order valence-electron chi connectivity index (χ3n) is 2.37. The predicted octanol–water partition coefficient (Wildman–Crippen LogP) is 1.44. The van der Waals surface area contributed by atoms with Gasteiger partial charge in [0.2, 0.25) is 9.47 Å². The molecule has 1 aliphatic carbocycles. The van der Waals surface area contributed by atoms with E-state index in [2.05, 4.69) is 10.2 Å². The Bertz CT molecular complexity index is 381. The van der Waals surface area contributed by atoms with Gasteiger partial charge in [-0.05, 0) is 24.4 Å². The number of rotatable bonds is 5. The Balaban J connectivity index is 2.04. The second-order valence-corrected chi connectivity index (χ2v) is 5.14. The van der Waals surface area contributed by atoms with Gasteiger partial charge in [0.1, 0.15) is 0 Å². The fourth-order valence-electron chi connectivity index (χ4n) is 1.44. The topological polar surface area (TPSA) is 55.3 Å². The Morgan fingerprint density at radius 3 is 2.88 bits per heavy atom. The van der Waals surface area contributed by atoms with Crippen LogP contribution in [0.4, 0.5) is 0 Å². The molecule has 0 aromatic carbocycles. The van der Waals surface area contributed by atoms with Crippen LogP contribution in [0.5, 0.6) is 0 Å². The van der Waals surface area contributed by atoms with Gasteiger partial charge < -0.3 is 9.64 Å². The summed E-state index contributed by atoms with van der Waals surface area (Å²) in [4.78, 5) is 13.9. The predicted molar refractivity (Wildman–Crippen MR) is 60.9 cm³/mol. The second-order valence-electron chi connectivity index (χ2n) is 3.58. The molecule has 0 N–H and O–H groups in total. The Morgan fingerprint density at radius 1 is 1.62 bits per heavy atom. The molecule has 5 nitrogen and oxygen atoms in total. The first-order valence-electron chi connectivity index (χ1n) is 5.01. The van der Waals surface area contributed by atoms with Gasteiger partial charge in [0.05, 0.1) is 6.61 Å². The molecular weight excluding hydrogens is 250 g/mol. The Hall–Kier alpha value is -0.720. The number of hydrogen-bond donors (Lipinski definition) is 0. The summed E-state index contributed by atoms with van der Waals surface area (Å²) >= 11 is 6.77. The van der Waals surface area contributed by atoms with Gasteiger partial charge in [-0.1, -0.05) is 11.3 Å². The molecule has 2 rings (SSSR count). The van der Waals surface area contributed by atoms with Crippen LogP contribution in [0.15, 0.2) is 0 Å². The molecule has 0 spiro atoms. The van der Waals surface area contributed by atoms with Crippen molar-refractivity contribution < 1.29 is 9.53 Å². The highest BCUT2D eigenvalue weighted by Crippen LogP contribution is 2.29. The van der Waals surface area contributed by atoms with Crippen molar-refractivity contribution in [3.05, 3.63) is 9.47 Å². The van der Waals surface area contributed by atoms with E-state index >= 15 is 0 Å². The number of ether oxygens (including phenoxy) is 1. The lowest BCUT2D eigenvalue weighted by atomic mass is 10.4. The summed E-state index contributed by atoms with van der Waals surface area (Å²) in [7, 11) is 1.62. The number of nitrogens with zero attached hydrogens (tertiary/aromatic N) is 3. The number of carbonyl (C=O) groups excluding carboxylic acids is 1. The van der Waals surface area contributed by atoms with E-state index in [4.69, 9.17) is 16.3 Å². The van der Waals surface area contributed by atoms with Crippen molar-refractivity contribution in [2.75, 3.05) is 20.3 Å². The molecule has 1 aromatic heterocycles. The van der Waals surface area contributed by atoms with E-state index in [1.807, 2.05) is 0 Å². The molecular formula is C9H12ClN3O2S. The first kappa shape index (κ1) is 11.8. The number of carbonyl (C=O) groups is 1. The molecule has 1 amide bonds. The first-order valence-corrected chi connectivity index (χ1v) is 6.20. The van der Waals surface area contributed by atoms with Crippen LogP contribution >= 0.6 is 22.9 Å². The van der Waals surface area contributed by atoms with Crippen LogP contribution in [0.3, 0.4) is 0 Å². The summed E-state index contributed by atoms with van der Waals surface area (Å²) in [5, 5.41) is 7.75. The molecule has 0 radical (unpaired) electrons. The van der Waals surface area contributed by atoms with Gasteiger partial charge >= 0.3 is 0 Å². The molecule has 88 valence electrons. The van der Waals surface area contributed by atoms with Crippen molar-refractivity contribution in [2.24, 2.45) is 0 Å². The smallest absolute Gasteiger partial charge is 0.285 e. The zero-order valence-corrected chi connectivity index (χ0v) is 10.4. The van der Waals surface area contributed by atoms with Crippen molar-refractivity contribution in [2.45, 2.75) is 18.9 Å². The van der Waals surface area contributed by atoms with E-state index in [-0.39, 0.29) is 5.91 Å². The van der Waals surface area contributed by atoms with Crippen molar-refractivity contribution in [1.82, 2.24) is 15.1 Å². The number of halogens is 1. The van der Waals surface area contributed by atoms with E-state index in [1.54, 1.807) is 12.0 Å². The van der Waals surface area contributed by atoms with Crippen molar-refractivity contribution >= 4 is 28.8 Å². The van der Waals surface area contributed by atoms with Gasteiger partial charge in [-0.3, -0.25) is 4.79 Å². The first-order chi connectivity index (χ1) is 7.72. The van der Waals surface area contributed by atoms with E-state index in [1.165, 1.54) is 0 Å². The van der Waals surface area contributed by atoms with Gasteiger partial charge in [-0.25, -0.2) is 0 Å². The quantitative estimate of drug-likeness (QED) is 0.805. The minimum atomic E-state index is -0.0936.